The summed E-state index contributed by atoms with van der Waals surface area (Å²) >= 11 is 12.0. The minimum absolute atomic E-state index is 0.0610. The first kappa shape index (κ1) is 19.1. The van der Waals surface area contributed by atoms with Gasteiger partial charge < -0.3 is 10.2 Å². The van der Waals surface area contributed by atoms with Crippen molar-refractivity contribution >= 4 is 34.8 Å². The lowest BCUT2D eigenvalue weighted by atomic mass is 10.1. The zero-order chi connectivity index (χ0) is 18.5. The van der Waals surface area contributed by atoms with Crippen molar-refractivity contribution in [3.05, 3.63) is 63.6 Å². The lowest BCUT2D eigenvalue weighted by Crippen LogP contribution is -2.33. The summed E-state index contributed by atoms with van der Waals surface area (Å²) in [5.74, 6) is 0.0610. The molecule has 3 rings (SSSR count). The van der Waals surface area contributed by atoms with Crippen LogP contribution < -0.4 is 10.2 Å². The Balaban J connectivity index is 1.39. The Morgan fingerprint density at radius 1 is 1.23 bits per heavy atom. The van der Waals surface area contributed by atoms with Crippen LogP contribution in [-0.2, 0) is 17.6 Å². The molecule has 0 spiro atoms. The van der Waals surface area contributed by atoms with Gasteiger partial charge in [0.25, 0.3) is 0 Å². The molecule has 2 aromatic carbocycles. The minimum atomic E-state index is 0.0610. The van der Waals surface area contributed by atoms with Gasteiger partial charge in [0, 0.05) is 41.3 Å². The fourth-order valence-corrected chi connectivity index (χ4v) is 4.01. The Morgan fingerprint density at radius 2 is 2.04 bits per heavy atom. The maximum absolute atomic E-state index is 12.1. The number of halogens is 2. The molecule has 0 fully saturated rings. The number of para-hydroxylation sites is 1. The van der Waals surface area contributed by atoms with Gasteiger partial charge in [-0.3, -0.25) is 4.79 Å². The predicted octanol–water partition coefficient (Wildman–Crippen LogP) is 4.88. The molecule has 0 aliphatic carbocycles. The molecule has 1 N–H and O–H groups in total. The number of nitrogens with zero attached hydrogens (tertiary/aromatic N) is 1. The van der Waals surface area contributed by atoms with Crippen LogP contribution in [0.5, 0.6) is 0 Å². The van der Waals surface area contributed by atoms with Crippen LogP contribution in [0.3, 0.4) is 0 Å². The number of anilines is 1. The third-order valence-corrected chi connectivity index (χ3v) is 5.47. The molecule has 1 aliphatic rings. The summed E-state index contributed by atoms with van der Waals surface area (Å²) in [4.78, 5) is 14.5. The number of aryl methyl sites for hydroxylation is 1. The number of rotatable bonds is 7. The number of carbonyl (C=O) groups excluding carboxylic acids is 1. The summed E-state index contributed by atoms with van der Waals surface area (Å²) in [6, 6.07) is 14.5. The number of hydrogen-bond acceptors (Lipinski definition) is 2. The molecule has 1 aliphatic heterocycles. The van der Waals surface area contributed by atoms with E-state index in [9.17, 15) is 4.79 Å². The fraction of sp³-hybridized carbons (Fsp3) is 0.381. The standard InChI is InChI=1S/C21H24Cl2N2O/c1-15-13-17-5-2-3-6-20(17)25(15)12-4-11-24-21(26)10-8-16-7-9-18(22)14-19(16)23/h2-3,5-7,9,14-15H,4,8,10-13H2,1H3,(H,24,26)/t15-/m1/s1. The highest BCUT2D eigenvalue weighted by atomic mass is 35.5. The number of carbonyl (C=O) groups is 1. The van der Waals surface area contributed by atoms with Gasteiger partial charge in [-0.15, -0.1) is 0 Å². The topological polar surface area (TPSA) is 32.3 Å². The van der Waals surface area contributed by atoms with Crippen LogP contribution in [0.4, 0.5) is 5.69 Å². The van der Waals surface area contributed by atoms with Gasteiger partial charge in [0.05, 0.1) is 0 Å². The number of nitrogens with one attached hydrogen (secondary N) is 1. The summed E-state index contributed by atoms with van der Waals surface area (Å²) in [6.07, 6.45) is 3.10. The SMILES string of the molecule is C[C@@H]1Cc2ccccc2N1CCCNC(=O)CCc1ccc(Cl)cc1Cl. The first-order valence-corrected chi connectivity index (χ1v) is 9.85. The van der Waals surface area contributed by atoms with Gasteiger partial charge in [-0.2, -0.15) is 0 Å². The maximum Gasteiger partial charge on any atom is 0.220 e. The first-order chi connectivity index (χ1) is 12.5. The average Bonchev–Trinajstić information content (AvgIpc) is 2.93. The Bertz CT molecular complexity index is 778. The molecule has 138 valence electrons. The quantitative estimate of drug-likeness (QED) is 0.682. The summed E-state index contributed by atoms with van der Waals surface area (Å²) in [5.41, 5.74) is 3.71. The molecule has 5 heteroatoms. The monoisotopic (exact) mass is 390 g/mol. The highest BCUT2D eigenvalue weighted by Crippen LogP contribution is 2.31. The molecular weight excluding hydrogens is 367 g/mol. The molecule has 1 heterocycles. The van der Waals surface area contributed by atoms with Crippen molar-refractivity contribution in [2.45, 2.75) is 38.6 Å². The van der Waals surface area contributed by atoms with E-state index in [0.29, 0.717) is 35.5 Å². The second kappa shape index (κ2) is 8.79. The van der Waals surface area contributed by atoms with E-state index in [4.69, 9.17) is 23.2 Å². The van der Waals surface area contributed by atoms with Crippen molar-refractivity contribution in [2.24, 2.45) is 0 Å². The van der Waals surface area contributed by atoms with Gasteiger partial charge in [-0.1, -0.05) is 47.5 Å². The summed E-state index contributed by atoms with van der Waals surface area (Å²) in [6.45, 7) is 3.91. The summed E-state index contributed by atoms with van der Waals surface area (Å²) in [7, 11) is 0. The van der Waals surface area contributed by atoms with Gasteiger partial charge in [-0.05, 0) is 55.5 Å². The summed E-state index contributed by atoms with van der Waals surface area (Å²) in [5, 5.41) is 4.24. The van der Waals surface area contributed by atoms with Crippen LogP contribution >= 0.6 is 23.2 Å². The van der Waals surface area contributed by atoms with E-state index in [2.05, 4.69) is 41.4 Å². The van der Waals surface area contributed by atoms with Crippen molar-refractivity contribution in [1.29, 1.82) is 0 Å². The van der Waals surface area contributed by atoms with Gasteiger partial charge >= 0.3 is 0 Å². The molecule has 0 saturated heterocycles. The van der Waals surface area contributed by atoms with Gasteiger partial charge in [0.2, 0.25) is 5.91 Å². The largest absolute Gasteiger partial charge is 0.368 e. The maximum atomic E-state index is 12.1. The smallest absolute Gasteiger partial charge is 0.220 e. The minimum Gasteiger partial charge on any atom is -0.368 e. The number of benzene rings is 2. The van der Waals surface area contributed by atoms with Gasteiger partial charge in [-0.25, -0.2) is 0 Å². The lowest BCUT2D eigenvalue weighted by Gasteiger charge is -2.24. The Morgan fingerprint density at radius 3 is 2.85 bits per heavy atom. The molecular formula is C21H24Cl2N2O. The molecule has 0 aromatic heterocycles. The number of hydrogen-bond donors (Lipinski definition) is 1. The van der Waals surface area contributed by atoms with Crippen molar-refractivity contribution in [3.63, 3.8) is 0 Å². The third kappa shape index (κ3) is 4.72. The van der Waals surface area contributed by atoms with E-state index in [1.54, 1.807) is 12.1 Å². The summed E-state index contributed by atoms with van der Waals surface area (Å²) < 4.78 is 0. The van der Waals surface area contributed by atoms with E-state index in [1.807, 2.05) is 6.07 Å². The van der Waals surface area contributed by atoms with Crippen LogP contribution in [0.25, 0.3) is 0 Å². The zero-order valence-corrected chi connectivity index (χ0v) is 16.5. The molecule has 1 atom stereocenters. The van der Waals surface area contributed by atoms with Gasteiger partial charge in [0.15, 0.2) is 0 Å². The molecule has 2 aromatic rings. The van der Waals surface area contributed by atoms with Crippen LogP contribution in [0.15, 0.2) is 42.5 Å². The highest BCUT2D eigenvalue weighted by Gasteiger charge is 2.24. The second-order valence-corrected chi connectivity index (χ2v) is 7.66. The fourth-order valence-electron chi connectivity index (χ4n) is 3.51. The second-order valence-electron chi connectivity index (χ2n) is 6.81. The lowest BCUT2D eigenvalue weighted by molar-refractivity contribution is -0.121. The van der Waals surface area contributed by atoms with Crippen LogP contribution in [0.2, 0.25) is 10.0 Å². The number of amides is 1. The van der Waals surface area contributed by atoms with Crippen molar-refractivity contribution in [1.82, 2.24) is 5.32 Å². The number of fused-ring (bicyclic) bond motifs is 1. The Hall–Kier alpha value is -1.71. The molecule has 26 heavy (non-hydrogen) atoms. The van der Waals surface area contributed by atoms with E-state index in [1.165, 1.54) is 11.3 Å². The van der Waals surface area contributed by atoms with Gasteiger partial charge in [0.1, 0.15) is 0 Å². The molecule has 0 bridgehead atoms. The predicted molar refractivity (Wildman–Crippen MR) is 109 cm³/mol. The first-order valence-electron chi connectivity index (χ1n) is 9.10. The molecule has 3 nitrogen and oxygen atoms in total. The van der Waals surface area contributed by atoms with Crippen molar-refractivity contribution < 1.29 is 4.79 Å². The molecule has 0 unspecified atom stereocenters. The van der Waals surface area contributed by atoms with Crippen LogP contribution in [0.1, 0.15) is 30.9 Å². The van der Waals surface area contributed by atoms with Crippen molar-refractivity contribution in [2.75, 3.05) is 18.0 Å². The Kier molecular flexibility index (Phi) is 6.44. The van der Waals surface area contributed by atoms with Crippen molar-refractivity contribution in [3.8, 4) is 0 Å². The van der Waals surface area contributed by atoms with E-state index in [0.717, 1.165) is 24.9 Å². The third-order valence-electron chi connectivity index (χ3n) is 4.88. The van der Waals surface area contributed by atoms with Crippen LogP contribution in [-0.4, -0.2) is 25.0 Å². The molecule has 0 saturated carbocycles. The zero-order valence-electron chi connectivity index (χ0n) is 15.0. The van der Waals surface area contributed by atoms with E-state index >= 15 is 0 Å². The van der Waals surface area contributed by atoms with E-state index < -0.39 is 0 Å². The molecule has 0 radical (unpaired) electrons. The Labute approximate surface area is 165 Å². The van der Waals surface area contributed by atoms with Crippen LogP contribution in [0, 0.1) is 0 Å². The van der Waals surface area contributed by atoms with E-state index in [-0.39, 0.29) is 5.91 Å². The molecule has 1 amide bonds. The normalized spacial score (nSPS) is 15.8. The average molecular weight is 391 g/mol. The highest BCUT2D eigenvalue weighted by molar-refractivity contribution is 6.35.